The molecule has 0 spiro atoms. The Morgan fingerprint density at radius 1 is 1.25 bits per heavy atom. The third-order valence-electron chi connectivity index (χ3n) is 3.33. The molecule has 4 heteroatoms. The predicted molar refractivity (Wildman–Crippen MR) is 72.7 cm³/mol. The molecule has 0 atom stereocenters. The molecule has 1 N–H and O–H groups in total. The summed E-state index contributed by atoms with van der Waals surface area (Å²) in [4.78, 5) is 1.29. The number of halogens is 2. The molecule has 2 rings (SSSR count). The molecule has 0 aromatic carbocycles. The van der Waals surface area contributed by atoms with Crippen molar-refractivity contribution in [3.8, 4) is 0 Å². The van der Waals surface area contributed by atoms with Gasteiger partial charge in [0.25, 0.3) is 0 Å². The van der Waals surface area contributed by atoms with E-state index in [0.29, 0.717) is 5.88 Å². The topological polar surface area (TPSA) is 12.0 Å². The lowest BCUT2D eigenvalue weighted by Gasteiger charge is -2.36. The number of hydrogen-bond donors (Lipinski definition) is 1. The highest BCUT2D eigenvalue weighted by Crippen LogP contribution is 2.30. The Bertz CT molecular complexity index is 332. The van der Waals surface area contributed by atoms with Gasteiger partial charge in [-0.05, 0) is 25.0 Å². The summed E-state index contributed by atoms with van der Waals surface area (Å²) in [5, 5.41) is 3.63. The van der Waals surface area contributed by atoms with Crippen LogP contribution in [0.15, 0.2) is 12.1 Å². The molecule has 1 aliphatic carbocycles. The van der Waals surface area contributed by atoms with E-state index in [1.54, 1.807) is 11.3 Å². The Balaban J connectivity index is 1.91. The standard InChI is InChI=1S/C12H17Cl2NS/c13-9-12(6-2-1-3-7-12)15-8-10-4-5-11(14)16-10/h4-5,15H,1-3,6-9H2. The fourth-order valence-electron chi connectivity index (χ4n) is 2.31. The molecule has 90 valence electrons. The van der Waals surface area contributed by atoms with E-state index in [0.717, 1.165) is 10.9 Å². The van der Waals surface area contributed by atoms with Gasteiger partial charge in [0.2, 0.25) is 0 Å². The molecule has 1 fully saturated rings. The fraction of sp³-hybridized carbons (Fsp3) is 0.667. The molecule has 1 aromatic heterocycles. The molecule has 0 saturated heterocycles. The second-order valence-corrected chi connectivity index (χ2v) is 6.60. The molecule has 1 aliphatic rings. The Hall–Kier alpha value is 0.240. The largest absolute Gasteiger partial charge is 0.305 e. The molecule has 0 aliphatic heterocycles. The van der Waals surface area contributed by atoms with Crippen molar-refractivity contribution < 1.29 is 0 Å². The van der Waals surface area contributed by atoms with Crippen molar-refractivity contribution in [1.82, 2.24) is 5.32 Å². The number of thiophene rings is 1. The van der Waals surface area contributed by atoms with Crippen LogP contribution in [0.2, 0.25) is 4.34 Å². The van der Waals surface area contributed by atoms with Gasteiger partial charge in [-0.15, -0.1) is 22.9 Å². The lowest BCUT2D eigenvalue weighted by atomic mass is 9.83. The Kier molecular flexibility index (Phi) is 4.54. The third kappa shape index (κ3) is 3.13. The van der Waals surface area contributed by atoms with Gasteiger partial charge in [0, 0.05) is 22.8 Å². The van der Waals surface area contributed by atoms with Crippen LogP contribution >= 0.6 is 34.5 Å². The van der Waals surface area contributed by atoms with Crippen molar-refractivity contribution >= 4 is 34.5 Å². The molecular formula is C12H17Cl2NS. The minimum atomic E-state index is 0.163. The van der Waals surface area contributed by atoms with Gasteiger partial charge >= 0.3 is 0 Å². The van der Waals surface area contributed by atoms with Crippen LogP contribution in [0, 0.1) is 0 Å². The number of hydrogen-bond acceptors (Lipinski definition) is 2. The van der Waals surface area contributed by atoms with Crippen LogP contribution in [-0.4, -0.2) is 11.4 Å². The van der Waals surface area contributed by atoms with Crippen LogP contribution in [0.3, 0.4) is 0 Å². The van der Waals surface area contributed by atoms with Crippen molar-refractivity contribution in [3.63, 3.8) is 0 Å². The predicted octanol–water partition coefficient (Wildman–Crippen LogP) is 4.43. The average molecular weight is 278 g/mol. The first-order chi connectivity index (χ1) is 7.74. The minimum absolute atomic E-state index is 0.163. The molecule has 1 nitrogen and oxygen atoms in total. The van der Waals surface area contributed by atoms with Gasteiger partial charge in [0.15, 0.2) is 0 Å². The summed E-state index contributed by atoms with van der Waals surface area (Å²) in [7, 11) is 0. The van der Waals surface area contributed by atoms with Crippen LogP contribution in [0.25, 0.3) is 0 Å². The van der Waals surface area contributed by atoms with E-state index in [2.05, 4.69) is 11.4 Å². The van der Waals surface area contributed by atoms with Crippen molar-refractivity contribution in [2.45, 2.75) is 44.2 Å². The lowest BCUT2D eigenvalue weighted by molar-refractivity contribution is 0.257. The van der Waals surface area contributed by atoms with E-state index in [4.69, 9.17) is 23.2 Å². The number of nitrogens with one attached hydrogen (secondary N) is 1. The zero-order valence-electron chi connectivity index (χ0n) is 9.27. The fourth-order valence-corrected chi connectivity index (χ4v) is 3.70. The Morgan fingerprint density at radius 3 is 2.56 bits per heavy atom. The van der Waals surface area contributed by atoms with Gasteiger partial charge in [0.1, 0.15) is 0 Å². The minimum Gasteiger partial charge on any atom is -0.305 e. The number of alkyl halides is 1. The Morgan fingerprint density at radius 2 is 2.00 bits per heavy atom. The number of rotatable bonds is 4. The summed E-state index contributed by atoms with van der Waals surface area (Å²) in [6, 6.07) is 4.04. The van der Waals surface area contributed by atoms with Crippen LogP contribution in [0.1, 0.15) is 37.0 Å². The molecule has 1 aromatic rings. The first-order valence-corrected chi connectivity index (χ1v) is 7.52. The highest BCUT2D eigenvalue weighted by Gasteiger charge is 2.30. The molecular weight excluding hydrogens is 261 g/mol. The van der Waals surface area contributed by atoms with E-state index in [1.165, 1.54) is 37.0 Å². The van der Waals surface area contributed by atoms with Crippen molar-refractivity contribution in [1.29, 1.82) is 0 Å². The summed E-state index contributed by atoms with van der Waals surface area (Å²) >= 11 is 13.7. The SMILES string of the molecule is ClCC1(NCc2ccc(Cl)s2)CCCCC1. The third-order valence-corrected chi connectivity index (χ3v) is 5.08. The second kappa shape index (κ2) is 5.72. The lowest BCUT2D eigenvalue weighted by Crippen LogP contribution is -2.47. The molecule has 0 amide bonds. The van der Waals surface area contributed by atoms with E-state index >= 15 is 0 Å². The maximum Gasteiger partial charge on any atom is 0.0931 e. The van der Waals surface area contributed by atoms with Gasteiger partial charge < -0.3 is 5.32 Å². The maximum atomic E-state index is 6.12. The Labute approximate surface area is 111 Å². The monoisotopic (exact) mass is 277 g/mol. The van der Waals surface area contributed by atoms with E-state index in [-0.39, 0.29) is 5.54 Å². The quantitative estimate of drug-likeness (QED) is 0.803. The highest BCUT2D eigenvalue weighted by molar-refractivity contribution is 7.16. The summed E-state index contributed by atoms with van der Waals surface area (Å²) in [5.41, 5.74) is 0.163. The van der Waals surface area contributed by atoms with E-state index in [9.17, 15) is 0 Å². The molecule has 0 radical (unpaired) electrons. The van der Waals surface area contributed by atoms with E-state index < -0.39 is 0 Å². The van der Waals surface area contributed by atoms with Crippen molar-refractivity contribution in [3.05, 3.63) is 21.3 Å². The summed E-state index contributed by atoms with van der Waals surface area (Å²) in [5.74, 6) is 0.714. The van der Waals surface area contributed by atoms with Gasteiger partial charge in [-0.25, -0.2) is 0 Å². The van der Waals surface area contributed by atoms with Gasteiger partial charge in [-0.2, -0.15) is 0 Å². The zero-order valence-corrected chi connectivity index (χ0v) is 11.6. The zero-order chi connectivity index (χ0) is 11.4. The molecule has 0 bridgehead atoms. The van der Waals surface area contributed by atoms with E-state index in [1.807, 2.05) is 6.07 Å². The van der Waals surface area contributed by atoms with Crippen molar-refractivity contribution in [2.24, 2.45) is 0 Å². The second-order valence-electron chi connectivity index (χ2n) is 4.53. The summed E-state index contributed by atoms with van der Waals surface area (Å²) in [6.07, 6.45) is 6.35. The molecule has 1 heterocycles. The van der Waals surface area contributed by atoms with Crippen LogP contribution in [0.5, 0.6) is 0 Å². The molecule has 1 saturated carbocycles. The maximum absolute atomic E-state index is 6.12. The smallest absolute Gasteiger partial charge is 0.0931 e. The van der Waals surface area contributed by atoms with Crippen LogP contribution in [-0.2, 0) is 6.54 Å². The first-order valence-electron chi connectivity index (χ1n) is 5.79. The van der Waals surface area contributed by atoms with Gasteiger partial charge in [0.05, 0.1) is 4.34 Å². The first kappa shape index (κ1) is 12.7. The van der Waals surface area contributed by atoms with Gasteiger partial charge in [-0.1, -0.05) is 30.9 Å². The summed E-state index contributed by atoms with van der Waals surface area (Å²) in [6.45, 7) is 0.893. The average Bonchev–Trinajstić information content (AvgIpc) is 2.74. The van der Waals surface area contributed by atoms with Crippen LogP contribution < -0.4 is 5.32 Å². The van der Waals surface area contributed by atoms with Crippen LogP contribution in [0.4, 0.5) is 0 Å². The molecule has 0 unspecified atom stereocenters. The summed E-state index contributed by atoms with van der Waals surface area (Å²) < 4.78 is 0.861. The molecule has 16 heavy (non-hydrogen) atoms. The van der Waals surface area contributed by atoms with Crippen molar-refractivity contribution in [2.75, 3.05) is 5.88 Å². The normalized spacial score (nSPS) is 19.9. The van der Waals surface area contributed by atoms with Gasteiger partial charge in [-0.3, -0.25) is 0 Å². The highest BCUT2D eigenvalue weighted by atomic mass is 35.5.